The third-order valence-corrected chi connectivity index (χ3v) is 4.93. The van der Waals surface area contributed by atoms with Gasteiger partial charge in [-0.15, -0.1) is 0 Å². The number of benzene rings is 3. The first-order valence-electron chi connectivity index (χ1n) is 9.43. The van der Waals surface area contributed by atoms with Crippen molar-refractivity contribution < 1.29 is 24.6 Å². The molecule has 4 heteroatoms. The van der Waals surface area contributed by atoms with E-state index in [1.54, 1.807) is 18.3 Å². The van der Waals surface area contributed by atoms with Crippen LogP contribution in [0.5, 0.6) is 5.75 Å². The molecule has 0 fully saturated rings. The largest absolute Gasteiger partial charge is 2.00 e. The molecule has 0 bridgehead atoms. The van der Waals surface area contributed by atoms with Crippen LogP contribution in [0.25, 0.3) is 0 Å². The Bertz CT molecular complexity index is 927. The number of aryl methyl sites for hydroxylation is 3. The summed E-state index contributed by atoms with van der Waals surface area (Å²) >= 11 is 3.46. The van der Waals surface area contributed by atoms with Gasteiger partial charge >= 0.3 is 19.5 Å². The number of nitrogens with zero attached hydrogens (tertiary/aromatic N) is 1. The molecule has 0 spiro atoms. The van der Waals surface area contributed by atoms with Gasteiger partial charge < -0.3 is 20.0 Å². The summed E-state index contributed by atoms with van der Waals surface area (Å²) < 4.78 is 1.05. The van der Waals surface area contributed by atoms with Crippen molar-refractivity contribution >= 4 is 27.8 Å². The van der Waals surface area contributed by atoms with Gasteiger partial charge in [-0.25, -0.2) is 0 Å². The number of aromatic hydroxyl groups is 1. The van der Waals surface area contributed by atoms with E-state index in [0.29, 0.717) is 5.92 Å². The molecular formula is C27H34BrNORu. The maximum atomic E-state index is 9.67. The van der Waals surface area contributed by atoms with Crippen LogP contribution in [0.4, 0.5) is 5.69 Å². The van der Waals surface area contributed by atoms with Crippen LogP contribution < -0.4 is 0 Å². The normalized spacial score (nSPS) is 9.77. The molecule has 0 aromatic heterocycles. The van der Waals surface area contributed by atoms with E-state index in [2.05, 4.69) is 66.0 Å². The summed E-state index contributed by atoms with van der Waals surface area (Å²) in [4.78, 5) is 4.47. The fraction of sp³-hybridized carbons (Fsp3) is 0.222. The molecule has 0 atom stereocenters. The van der Waals surface area contributed by atoms with Crippen molar-refractivity contribution in [3.63, 3.8) is 0 Å². The van der Waals surface area contributed by atoms with Gasteiger partial charge in [0.1, 0.15) is 5.75 Å². The molecule has 3 aromatic rings. The Morgan fingerprint density at radius 1 is 0.871 bits per heavy atom. The van der Waals surface area contributed by atoms with Gasteiger partial charge in [-0.3, -0.25) is 4.99 Å². The molecule has 0 amide bonds. The molecule has 0 heterocycles. The molecule has 0 saturated carbocycles. The Kier molecular flexibility index (Phi) is 15.3. The topological polar surface area (TPSA) is 32.6 Å². The van der Waals surface area contributed by atoms with Crippen molar-refractivity contribution in [1.29, 1.82) is 0 Å². The summed E-state index contributed by atoms with van der Waals surface area (Å²) in [6, 6.07) is 19.9. The van der Waals surface area contributed by atoms with Gasteiger partial charge in [-0.2, -0.15) is 0 Å². The van der Waals surface area contributed by atoms with Crippen LogP contribution >= 0.6 is 15.9 Å². The van der Waals surface area contributed by atoms with Crippen LogP contribution in [-0.2, 0) is 19.5 Å². The summed E-state index contributed by atoms with van der Waals surface area (Å²) in [5.74, 6) is 0.897. The second kappa shape index (κ2) is 15.1. The standard InChI is InChI=1S/C15H14BrNO.C10H14.2CH3.Ru/c1-10-7-13(16)8-11(2)15(10)17-9-12-5-3-4-6-14(12)18;1-8(2)10-6-4-9(3)5-7-10;;;/h3-9,18H,1-2H3;4-8H,1-3H3;2*1H3;/q;;2*-1;+2. The Morgan fingerprint density at radius 3 is 1.87 bits per heavy atom. The Balaban J connectivity index is 0. The van der Waals surface area contributed by atoms with Crippen LogP contribution in [0.3, 0.4) is 0 Å². The smallest absolute Gasteiger partial charge is 0.507 e. The minimum Gasteiger partial charge on any atom is -0.507 e. The fourth-order valence-corrected chi connectivity index (χ4v) is 3.48. The number of aliphatic imine (C=N–C) groups is 1. The fourth-order valence-electron chi connectivity index (χ4n) is 2.79. The quantitative estimate of drug-likeness (QED) is 0.191. The summed E-state index contributed by atoms with van der Waals surface area (Å²) in [6.45, 7) is 10.6. The van der Waals surface area contributed by atoms with Gasteiger partial charge in [0, 0.05) is 16.3 Å². The molecule has 0 aliphatic rings. The minimum atomic E-state index is 0. The average Bonchev–Trinajstić information content (AvgIpc) is 2.63. The van der Waals surface area contributed by atoms with Gasteiger partial charge in [0.2, 0.25) is 0 Å². The van der Waals surface area contributed by atoms with Gasteiger partial charge in [0.15, 0.2) is 0 Å². The number of rotatable bonds is 3. The van der Waals surface area contributed by atoms with E-state index in [9.17, 15) is 5.11 Å². The maximum absolute atomic E-state index is 9.67. The molecule has 31 heavy (non-hydrogen) atoms. The van der Waals surface area contributed by atoms with Gasteiger partial charge in [0.05, 0.1) is 5.69 Å². The second-order valence-corrected chi connectivity index (χ2v) is 8.19. The minimum absolute atomic E-state index is 0. The van der Waals surface area contributed by atoms with Crippen molar-refractivity contribution in [3.05, 3.63) is 108 Å². The first-order valence-corrected chi connectivity index (χ1v) is 10.2. The zero-order valence-electron chi connectivity index (χ0n) is 19.6. The molecular weight excluding hydrogens is 535 g/mol. The summed E-state index contributed by atoms with van der Waals surface area (Å²) in [7, 11) is 0. The summed E-state index contributed by atoms with van der Waals surface area (Å²) in [5, 5.41) is 9.67. The predicted molar refractivity (Wildman–Crippen MR) is 137 cm³/mol. The number of phenols is 1. The van der Waals surface area contributed by atoms with E-state index < -0.39 is 0 Å². The molecule has 0 saturated heterocycles. The van der Waals surface area contributed by atoms with Crippen molar-refractivity contribution in [3.8, 4) is 5.75 Å². The van der Waals surface area contributed by atoms with E-state index in [4.69, 9.17) is 0 Å². The third kappa shape index (κ3) is 9.93. The Labute approximate surface area is 210 Å². The molecule has 3 rings (SSSR count). The Morgan fingerprint density at radius 2 is 1.39 bits per heavy atom. The monoisotopic (exact) mass is 569 g/mol. The molecule has 3 aromatic carbocycles. The van der Waals surface area contributed by atoms with Crippen LogP contribution in [0.2, 0.25) is 0 Å². The van der Waals surface area contributed by atoms with Gasteiger partial charge in [0.25, 0.3) is 0 Å². The molecule has 0 aliphatic heterocycles. The van der Waals surface area contributed by atoms with Crippen LogP contribution in [0, 0.1) is 35.6 Å². The third-order valence-electron chi connectivity index (χ3n) is 4.47. The van der Waals surface area contributed by atoms with Crippen LogP contribution in [0.15, 0.2) is 70.1 Å². The zero-order valence-corrected chi connectivity index (χ0v) is 22.9. The molecule has 168 valence electrons. The van der Waals surface area contributed by atoms with E-state index in [1.165, 1.54) is 11.1 Å². The maximum Gasteiger partial charge on any atom is 2.00 e. The van der Waals surface area contributed by atoms with Crippen molar-refractivity contribution in [2.24, 2.45) is 4.99 Å². The summed E-state index contributed by atoms with van der Waals surface area (Å²) in [6.07, 6.45) is 1.69. The number of hydrogen-bond donors (Lipinski definition) is 1. The second-order valence-electron chi connectivity index (χ2n) is 7.27. The molecule has 2 nitrogen and oxygen atoms in total. The van der Waals surface area contributed by atoms with Crippen LogP contribution in [-0.4, -0.2) is 11.3 Å². The van der Waals surface area contributed by atoms with E-state index in [0.717, 1.165) is 26.9 Å². The van der Waals surface area contributed by atoms with Crippen molar-refractivity contribution in [2.75, 3.05) is 0 Å². The van der Waals surface area contributed by atoms with E-state index >= 15 is 0 Å². The summed E-state index contributed by atoms with van der Waals surface area (Å²) in [5.41, 5.74) is 6.64. The predicted octanol–water partition coefficient (Wildman–Crippen LogP) is 8.54. The first-order chi connectivity index (χ1) is 13.3. The SMILES string of the molecule is Cc1cc(Br)cc(C)c1N=Cc1ccccc1O.Cc1ccc(C(C)C)cc1.[CH3-].[CH3-].[Ru+2]. The number of halogens is 1. The number of phenolic OH excluding ortho intramolecular Hbond substituents is 1. The van der Waals surface area contributed by atoms with Gasteiger partial charge in [-0.05, 0) is 67.6 Å². The molecule has 0 aliphatic carbocycles. The van der Waals surface area contributed by atoms with Gasteiger partial charge in [-0.1, -0.05) is 71.7 Å². The van der Waals surface area contributed by atoms with Crippen LogP contribution in [0.1, 0.15) is 47.6 Å². The zero-order chi connectivity index (χ0) is 20.7. The molecule has 0 radical (unpaired) electrons. The average molecular weight is 570 g/mol. The van der Waals surface area contributed by atoms with Crippen molar-refractivity contribution in [2.45, 2.75) is 40.5 Å². The molecule has 0 unspecified atom stereocenters. The van der Waals surface area contributed by atoms with E-state index in [1.807, 2.05) is 38.1 Å². The first kappa shape index (κ1) is 31.4. The van der Waals surface area contributed by atoms with E-state index in [-0.39, 0.29) is 40.1 Å². The molecule has 1 N–H and O–H groups in total. The Hall–Kier alpha value is -1.77. The van der Waals surface area contributed by atoms with Crippen molar-refractivity contribution in [1.82, 2.24) is 0 Å². The number of para-hydroxylation sites is 1. The number of hydrogen-bond acceptors (Lipinski definition) is 2.